The molecule has 7 N–H and O–H groups in total. The highest BCUT2D eigenvalue weighted by atomic mass is 32.2. The molecule has 0 unspecified atom stereocenters. The van der Waals surface area contributed by atoms with Gasteiger partial charge in [-0.3, -0.25) is 37.4 Å². The fourth-order valence-electron chi connectivity index (χ4n) is 5.96. The van der Waals surface area contributed by atoms with E-state index in [-0.39, 0.29) is 17.2 Å². The molecule has 6 rings (SSSR count). The molecule has 0 atom stereocenters. The zero-order valence-corrected chi connectivity index (χ0v) is 33.9. The first kappa shape index (κ1) is 45.0. The van der Waals surface area contributed by atoms with Gasteiger partial charge >= 0.3 is 0 Å². The monoisotopic (exact) mass is 879 g/mol. The number of aromatic nitrogens is 1. The van der Waals surface area contributed by atoms with Crippen LogP contribution >= 0.6 is 0 Å². The first-order valence-corrected chi connectivity index (χ1v) is 22.3. The molecular formula is C35H33N3O16S4. The van der Waals surface area contributed by atoms with Gasteiger partial charge in [0.15, 0.2) is 11.6 Å². The van der Waals surface area contributed by atoms with Crippen molar-refractivity contribution in [2.24, 2.45) is 0 Å². The number of rotatable bonds is 9. The number of anilines is 3. The minimum atomic E-state index is -5.46. The first-order valence-electron chi connectivity index (χ1n) is 16.6. The van der Waals surface area contributed by atoms with Crippen LogP contribution in [0.5, 0.6) is 0 Å². The second-order valence-electron chi connectivity index (χ2n) is 11.5. The standard InChI is InChI=1S/C31H21N3O16S4.2C2H6/c1-13(35)32-18-10-19(22(53(45,46)47)12-21(18)52(42,43)44)33-20-11-23(54(48,49)50)28-26-24(16-7-2-3-8-17(16)30(37)25(20)26)27(31(38)34-28)29(36)14-5-4-6-15(9-14)51(39,40)41;2*1-2/h2-12,33H,1H3,(H,32,35)(H,34,38)(H,39,40,41)(H,42,43,44)(H,45,46,47)(H,48,49,50);2*1-2H3. The van der Waals surface area contributed by atoms with Crippen LogP contribution in [0.2, 0.25) is 0 Å². The zero-order valence-electron chi connectivity index (χ0n) is 30.7. The molecule has 1 aromatic heterocycles. The maximum Gasteiger partial charge on any atom is 0.296 e. The van der Waals surface area contributed by atoms with Gasteiger partial charge in [-0.05, 0) is 35.9 Å². The lowest BCUT2D eigenvalue weighted by molar-refractivity contribution is -0.114. The second kappa shape index (κ2) is 16.3. The van der Waals surface area contributed by atoms with E-state index in [4.69, 9.17) is 0 Å². The number of hydrogen-bond acceptors (Lipinski definition) is 13. The highest BCUT2D eigenvalue weighted by molar-refractivity contribution is 7.87. The molecule has 4 aromatic carbocycles. The van der Waals surface area contributed by atoms with Crippen LogP contribution in [0.3, 0.4) is 0 Å². The number of aromatic amines is 1. The lowest BCUT2D eigenvalue weighted by atomic mass is 9.80. The Balaban J connectivity index is 0.00000180. The van der Waals surface area contributed by atoms with Gasteiger partial charge in [0.2, 0.25) is 5.91 Å². The van der Waals surface area contributed by atoms with Gasteiger partial charge in [-0.15, -0.1) is 0 Å². The largest absolute Gasteiger partial charge is 0.354 e. The first-order chi connectivity index (χ1) is 26.9. The van der Waals surface area contributed by atoms with E-state index in [1.54, 1.807) is 0 Å². The maximum absolute atomic E-state index is 14.3. The van der Waals surface area contributed by atoms with Crippen LogP contribution in [-0.2, 0) is 45.3 Å². The van der Waals surface area contributed by atoms with Gasteiger partial charge in [0.05, 0.1) is 38.6 Å². The number of fused-ring (bicyclic) bond motifs is 2. The van der Waals surface area contributed by atoms with Crippen LogP contribution in [-0.4, -0.2) is 74.3 Å². The quantitative estimate of drug-likeness (QED) is 0.0763. The molecular weight excluding hydrogens is 847 g/mol. The maximum atomic E-state index is 14.3. The van der Waals surface area contributed by atoms with Crippen molar-refractivity contribution in [2.75, 3.05) is 10.6 Å². The van der Waals surface area contributed by atoms with Crippen molar-refractivity contribution in [2.45, 2.75) is 54.2 Å². The van der Waals surface area contributed by atoms with Crippen LogP contribution in [0.4, 0.5) is 17.1 Å². The third-order valence-corrected chi connectivity index (χ3v) is 11.6. The molecule has 0 radical (unpaired) electrons. The lowest BCUT2D eigenvalue weighted by Gasteiger charge is -2.25. The van der Waals surface area contributed by atoms with E-state index in [9.17, 15) is 71.1 Å². The second-order valence-corrected chi connectivity index (χ2v) is 17.1. The van der Waals surface area contributed by atoms with E-state index >= 15 is 0 Å². The number of hydrogen-bond donors (Lipinski definition) is 7. The van der Waals surface area contributed by atoms with Crippen LogP contribution in [0.15, 0.2) is 91.1 Å². The molecule has 0 spiro atoms. The fraction of sp³-hybridized carbons (Fsp3) is 0.143. The predicted molar refractivity (Wildman–Crippen MR) is 209 cm³/mol. The molecule has 308 valence electrons. The van der Waals surface area contributed by atoms with Crippen molar-refractivity contribution in [3.63, 3.8) is 0 Å². The Morgan fingerprint density at radius 1 is 0.603 bits per heavy atom. The van der Waals surface area contributed by atoms with Crippen LogP contribution in [0.25, 0.3) is 22.0 Å². The van der Waals surface area contributed by atoms with Crippen molar-refractivity contribution in [1.29, 1.82) is 0 Å². The van der Waals surface area contributed by atoms with E-state index in [0.717, 1.165) is 31.2 Å². The van der Waals surface area contributed by atoms with Gasteiger partial charge in [-0.25, -0.2) is 0 Å². The number of amides is 1. The molecule has 58 heavy (non-hydrogen) atoms. The minimum Gasteiger partial charge on any atom is -0.354 e. The molecule has 5 aromatic rings. The molecule has 0 saturated heterocycles. The highest BCUT2D eigenvalue weighted by Crippen LogP contribution is 2.46. The summed E-state index contributed by atoms with van der Waals surface area (Å²) in [6.07, 6.45) is 0. The molecule has 19 nitrogen and oxygen atoms in total. The topological polar surface area (TPSA) is 326 Å². The van der Waals surface area contributed by atoms with Gasteiger partial charge in [-0.1, -0.05) is 64.1 Å². The van der Waals surface area contributed by atoms with E-state index < -0.39 is 133 Å². The van der Waals surface area contributed by atoms with E-state index in [2.05, 4.69) is 10.3 Å². The minimum absolute atomic E-state index is 0.122. The number of ketones is 2. The van der Waals surface area contributed by atoms with E-state index in [1.165, 1.54) is 24.3 Å². The summed E-state index contributed by atoms with van der Waals surface area (Å²) in [5.41, 5.74) is -6.85. The predicted octanol–water partition coefficient (Wildman–Crippen LogP) is 4.71. The van der Waals surface area contributed by atoms with Gasteiger partial charge in [-0.2, -0.15) is 33.7 Å². The Kier molecular flexibility index (Phi) is 12.7. The number of carbonyl (C=O) groups excluding carboxylic acids is 3. The molecule has 1 aliphatic rings. The molecule has 0 bridgehead atoms. The summed E-state index contributed by atoms with van der Waals surface area (Å²) in [7, 11) is -21.0. The Morgan fingerprint density at radius 2 is 1.16 bits per heavy atom. The number of benzene rings is 4. The van der Waals surface area contributed by atoms with E-state index in [0.29, 0.717) is 12.1 Å². The Morgan fingerprint density at radius 3 is 1.69 bits per heavy atom. The van der Waals surface area contributed by atoms with Gasteiger partial charge in [0.25, 0.3) is 46.0 Å². The highest BCUT2D eigenvalue weighted by Gasteiger charge is 2.37. The van der Waals surface area contributed by atoms with Crippen molar-refractivity contribution in [3.8, 4) is 11.1 Å². The van der Waals surface area contributed by atoms with Gasteiger partial charge in [0, 0.05) is 29.0 Å². The number of pyridine rings is 1. The summed E-state index contributed by atoms with van der Waals surface area (Å²) in [6, 6.07) is 10.6. The molecule has 23 heteroatoms. The Hall–Kier alpha value is -5.66. The fourth-order valence-corrected chi connectivity index (χ4v) is 8.55. The van der Waals surface area contributed by atoms with E-state index in [1.807, 2.05) is 33.0 Å². The lowest BCUT2D eigenvalue weighted by Crippen LogP contribution is -2.25. The molecule has 1 amide bonds. The van der Waals surface area contributed by atoms with Crippen molar-refractivity contribution in [1.82, 2.24) is 4.98 Å². The van der Waals surface area contributed by atoms with Crippen molar-refractivity contribution in [3.05, 3.63) is 99.3 Å². The summed E-state index contributed by atoms with van der Waals surface area (Å²) >= 11 is 0. The van der Waals surface area contributed by atoms with Crippen LogP contribution < -0.4 is 16.2 Å². The number of nitrogens with one attached hydrogen (secondary N) is 3. The third-order valence-electron chi connectivity index (χ3n) is 8.04. The summed E-state index contributed by atoms with van der Waals surface area (Å²) in [6.45, 7) is 8.92. The Labute approximate surface area is 331 Å². The molecule has 0 aliphatic heterocycles. The SMILES string of the molecule is CC.CC.CC(=O)Nc1cc(Nc2cc(S(=O)(=O)O)c3[nH]c(=O)c(C(=O)c4cccc(S(=O)(=O)O)c4)c4c3c2C(=O)c2ccccc2-4)c(S(=O)(=O)O)cc1S(=O)(=O)O. The van der Waals surface area contributed by atoms with Crippen molar-refractivity contribution >= 4 is 85.9 Å². The summed E-state index contributed by atoms with van der Waals surface area (Å²) in [4.78, 5) is 51.9. The molecule has 0 saturated carbocycles. The smallest absolute Gasteiger partial charge is 0.296 e. The normalized spacial score (nSPS) is 12.3. The van der Waals surface area contributed by atoms with Crippen molar-refractivity contribution < 1.29 is 66.3 Å². The average Bonchev–Trinajstić information content (AvgIpc) is 3.13. The number of H-pyrrole nitrogens is 1. The molecule has 0 fully saturated rings. The van der Waals surface area contributed by atoms with Gasteiger partial charge in [0.1, 0.15) is 14.7 Å². The van der Waals surface area contributed by atoms with Crippen LogP contribution in [0.1, 0.15) is 66.5 Å². The van der Waals surface area contributed by atoms with Gasteiger partial charge < -0.3 is 15.6 Å². The summed E-state index contributed by atoms with van der Waals surface area (Å²) in [5.74, 6) is -3.06. The van der Waals surface area contributed by atoms with Crippen LogP contribution in [0, 0.1) is 0 Å². The molecule has 1 aliphatic carbocycles. The Bertz CT molecular complexity index is 3090. The average molecular weight is 880 g/mol. The molecule has 1 heterocycles. The number of carbonyl (C=O) groups is 3. The summed E-state index contributed by atoms with van der Waals surface area (Å²) in [5, 5.41) is 3.93. The third kappa shape index (κ3) is 8.60. The zero-order chi connectivity index (χ0) is 43.9. The summed E-state index contributed by atoms with van der Waals surface area (Å²) < 4.78 is 138.